The molecule has 35 heavy (non-hydrogen) atoms. The summed E-state index contributed by atoms with van der Waals surface area (Å²) in [6.07, 6.45) is 6.47. The topological polar surface area (TPSA) is 123 Å². The third kappa shape index (κ3) is 5.68. The smallest absolute Gasteiger partial charge is 0.337 e. The van der Waals surface area contributed by atoms with Gasteiger partial charge in [0.1, 0.15) is 11.9 Å². The van der Waals surface area contributed by atoms with E-state index in [1.807, 2.05) is 0 Å². The second-order valence-electron chi connectivity index (χ2n) is 8.26. The summed E-state index contributed by atoms with van der Waals surface area (Å²) in [6, 6.07) is 5.90. The van der Waals surface area contributed by atoms with E-state index in [4.69, 9.17) is 9.84 Å². The van der Waals surface area contributed by atoms with Gasteiger partial charge in [-0.3, -0.25) is 9.59 Å². The van der Waals surface area contributed by atoms with Crippen LogP contribution in [0.5, 0.6) is 11.5 Å². The zero-order chi connectivity index (χ0) is 24.9. The fourth-order valence-electron chi connectivity index (χ4n) is 4.07. The molecule has 0 bridgehead atoms. The normalized spacial score (nSPS) is 14.5. The van der Waals surface area contributed by atoms with Crippen molar-refractivity contribution in [2.45, 2.75) is 38.1 Å². The molecular formula is C24H22F2N4O5. The summed E-state index contributed by atoms with van der Waals surface area (Å²) in [5.74, 6) is -4.07. The molecule has 1 amide bonds. The molecule has 2 aromatic heterocycles. The van der Waals surface area contributed by atoms with Crippen LogP contribution in [0.3, 0.4) is 0 Å². The minimum absolute atomic E-state index is 0.0368. The first-order valence-corrected chi connectivity index (χ1v) is 11.0. The van der Waals surface area contributed by atoms with Crippen LogP contribution in [-0.2, 0) is 4.79 Å². The van der Waals surface area contributed by atoms with Crippen LogP contribution in [0.15, 0.2) is 53.6 Å². The summed E-state index contributed by atoms with van der Waals surface area (Å²) < 4.78 is 34.0. The third-order valence-electron chi connectivity index (χ3n) is 5.83. The van der Waals surface area contributed by atoms with Crippen LogP contribution < -0.4 is 15.6 Å². The summed E-state index contributed by atoms with van der Waals surface area (Å²) in [5, 5.41) is 15.7. The number of hydrogen-bond acceptors (Lipinski definition) is 6. The molecule has 1 aliphatic carbocycles. The van der Waals surface area contributed by atoms with Gasteiger partial charge in [0.15, 0.2) is 23.1 Å². The number of ether oxygens (including phenoxy) is 1. The second-order valence-corrected chi connectivity index (χ2v) is 8.26. The predicted octanol–water partition coefficient (Wildman–Crippen LogP) is 4.17. The monoisotopic (exact) mass is 484 g/mol. The average molecular weight is 484 g/mol. The van der Waals surface area contributed by atoms with Gasteiger partial charge >= 0.3 is 5.97 Å². The number of hydrogen-bond donors (Lipinski definition) is 2. The Morgan fingerprint density at radius 2 is 1.86 bits per heavy atom. The molecule has 182 valence electrons. The number of carboxylic acids is 1. The number of benzene rings is 1. The molecule has 1 aliphatic rings. The van der Waals surface area contributed by atoms with E-state index < -0.39 is 40.9 Å². The largest absolute Gasteiger partial charge is 0.478 e. The highest BCUT2D eigenvalue weighted by Crippen LogP contribution is 2.32. The molecule has 9 nitrogen and oxygen atoms in total. The molecule has 0 radical (unpaired) electrons. The van der Waals surface area contributed by atoms with Gasteiger partial charge in [0, 0.05) is 12.3 Å². The van der Waals surface area contributed by atoms with Crippen LogP contribution >= 0.6 is 0 Å². The molecule has 1 fully saturated rings. The Hall–Kier alpha value is -4.15. The van der Waals surface area contributed by atoms with E-state index >= 15 is 0 Å². The van der Waals surface area contributed by atoms with Crippen LogP contribution in [0.2, 0.25) is 0 Å². The van der Waals surface area contributed by atoms with Gasteiger partial charge in [-0.25, -0.2) is 23.2 Å². The lowest BCUT2D eigenvalue weighted by atomic mass is 9.98. The lowest BCUT2D eigenvalue weighted by Crippen LogP contribution is -2.36. The van der Waals surface area contributed by atoms with Crippen molar-refractivity contribution < 1.29 is 28.2 Å². The number of carboxylic acid groups (broad SMARTS) is 1. The van der Waals surface area contributed by atoms with Crippen LogP contribution in [0.25, 0.3) is 0 Å². The highest BCUT2D eigenvalue weighted by molar-refractivity contribution is 5.93. The second kappa shape index (κ2) is 10.4. The molecule has 0 unspecified atom stereocenters. The maximum atomic E-state index is 13.9. The molecule has 3 aromatic rings. The van der Waals surface area contributed by atoms with E-state index in [0.717, 1.165) is 61.0 Å². The van der Waals surface area contributed by atoms with Crippen molar-refractivity contribution in [1.82, 2.24) is 14.8 Å². The number of rotatable bonds is 8. The Kier molecular flexibility index (Phi) is 7.14. The molecular weight excluding hydrogens is 462 g/mol. The first-order chi connectivity index (χ1) is 16.8. The van der Waals surface area contributed by atoms with Gasteiger partial charge < -0.3 is 15.2 Å². The number of nitrogens with one attached hydrogen (secondary N) is 1. The Bertz CT molecular complexity index is 1270. The molecule has 1 atom stereocenters. The maximum Gasteiger partial charge on any atom is 0.337 e. The molecule has 2 heterocycles. The van der Waals surface area contributed by atoms with Crippen molar-refractivity contribution in [3.8, 4) is 11.5 Å². The Morgan fingerprint density at radius 1 is 1.14 bits per heavy atom. The van der Waals surface area contributed by atoms with Crippen molar-refractivity contribution in [2.24, 2.45) is 5.92 Å². The van der Waals surface area contributed by atoms with Crippen molar-refractivity contribution in [2.75, 3.05) is 5.32 Å². The van der Waals surface area contributed by atoms with E-state index in [1.165, 1.54) is 18.2 Å². The van der Waals surface area contributed by atoms with Crippen molar-refractivity contribution >= 4 is 17.7 Å². The number of carbonyl (C=O) groups is 2. The van der Waals surface area contributed by atoms with E-state index in [-0.39, 0.29) is 23.0 Å². The average Bonchev–Trinajstić information content (AvgIpc) is 3.34. The first-order valence-electron chi connectivity index (χ1n) is 11.0. The lowest BCUT2D eigenvalue weighted by molar-refractivity contribution is -0.120. The third-order valence-corrected chi connectivity index (χ3v) is 5.83. The van der Waals surface area contributed by atoms with Crippen molar-refractivity contribution in [3.63, 3.8) is 0 Å². The fraction of sp³-hybridized carbons (Fsp3) is 0.292. The maximum absolute atomic E-state index is 13.9. The number of amides is 1. The standard InChI is InChI=1S/C24H22F2N4O5/c25-17-6-3-7-18(26)22(17)35-16-11-21(31)30(28-13-16)19(10-14-4-1-2-5-14)23(32)29-20-9-8-15(12-27-20)24(33)34/h3,6-9,11-14,19H,1-2,4-5,10H2,(H,33,34)(H,27,29,32)/t19-/m0/s1. The predicted molar refractivity (Wildman–Crippen MR) is 120 cm³/mol. The molecule has 0 spiro atoms. The minimum Gasteiger partial charge on any atom is -0.478 e. The van der Waals surface area contributed by atoms with Gasteiger partial charge in [0.2, 0.25) is 0 Å². The number of aromatic carboxylic acids is 1. The minimum atomic E-state index is -1.15. The molecule has 0 aliphatic heterocycles. The number of halogens is 2. The Morgan fingerprint density at radius 3 is 2.46 bits per heavy atom. The summed E-state index contributed by atoms with van der Waals surface area (Å²) in [6.45, 7) is 0. The zero-order valence-electron chi connectivity index (χ0n) is 18.5. The van der Waals surface area contributed by atoms with Gasteiger partial charge in [-0.15, -0.1) is 0 Å². The van der Waals surface area contributed by atoms with Gasteiger partial charge in [-0.05, 0) is 36.6 Å². The Balaban J connectivity index is 1.58. The number of para-hydroxylation sites is 1. The van der Waals surface area contributed by atoms with Gasteiger partial charge in [-0.1, -0.05) is 31.7 Å². The van der Waals surface area contributed by atoms with Crippen LogP contribution in [0, 0.1) is 17.6 Å². The molecule has 2 N–H and O–H groups in total. The summed E-state index contributed by atoms with van der Waals surface area (Å²) in [4.78, 5) is 41.0. The zero-order valence-corrected chi connectivity index (χ0v) is 18.5. The van der Waals surface area contributed by atoms with Gasteiger partial charge in [-0.2, -0.15) is 5.10 Å². The van der Waals surface area contributed by atoms with E-state index in [0.29, 0.717) is 6.42 Å². The lowest BCUT2D eigenvalue weighted by Gasteiger charge is -2.21. The van der Waals surface area contributed by atoms with Crippen LogP contribution in [0.4, 0.5) is 14.6 Å². The van der Waals surface area contributed by atoms with Gasteiger partial charge in [0.25, 0.3) is 11.5 Å². The molecule has 4 rings (SSSR count). The number of anilines is 1. The summed E-state index contributed by atoms with van der Waals surface area (Å²) in [7, 11) is 0. The van der Waals surface area contributed by atoms with Gasteiger partial charge in [0.05, 0.1) is 11.8 Å². The molecule has 11 heteroatoms. The Labute approximate surface area is 198 Å². The van der Waals surface area contributed by atoms with Crippen molar-refractivity contribution in [1.29, 1.82) is 0 Å². The number of aromatic nitrogens is 3. The van der Waals surface area contributed by atoms with E-state index in [1.54, 1.807) is 0 Å². The summed E-state index contributed by atoms with van der Waals surface area (Å²) in [5.41, 5.74) is -0.725. The van der Waals surface area contributed by atoms with Crippen molar-refractivity contribution in [3.05, 3.63) is 76.3 Å². The SMILES string of the molecule is O=C(O)c1ccc(NC(=O)[C@H](CC2CCCC2)n2ncc(Oc3c(F)cccc3F)cc2=O)nc1. The fourth-order valence-corrected chi connectivity index (χ4v) is 4.07. The van der Waals surface area contributed by atoms with E-state index in [9.17, 15) is 23.2 Å². The molecule has 1 aromatic carbocycles. The summed E-state index contributed by atoms with van der Waals surface area (Å²) >= 11 is 0. The number of nitrogens with zero attached hydrogens (tertiary/aromatic N) is 3. The van der Waals surface area contributed by atoms with Crippen LogP contribution in [-0.4, -0.2) is 31.7 Å². The number of carbonyl (C=O) groups excluding carboxylic acids is 1. The highest BCUT2D eigenvalue weighted by Gasteiger charge is 2.29. The van der Waals surface area contributed by atoms with E-state index in [2.05, 4.69) is 15.4 Å². The number of pyridine rings is 1. The van der Waals surface area contributed by atoms with Crippen LogP contribution in [0.1, 0.15) is 48.5 Å². The first kappa shape index (κ1) is 24.0. The molecule has 1 saturated carbocycles. The molecule has 0 saturated heterocycles. The highest BCUT2D eigenvalue weighted by atomic mass is 19.1. The quantitative estimate of drug-likeness (QED) is 0.492.